The van der Waals surface area contributed by atoms with Crippen molar-refractivity contribution < 1.29 is 0 Å². The molecule has 2 aromatic rings. The minimum atomic E-state index is 0.383. The summed E-state index contributed by atoms with van der Waals surface area (Å²) >= 11 is 0. The van der Waals surface area contributed by atoms with Crippen LogP contribution in [0.2, 0.25) is 0 Å². The summed E-state index contributed by atoms with van der Waals surface area (Å²) in [6.07, 6.45) is 3.28. The van der Waals surface area contributed by atoms with Crippen molar-refractivity contribution in [1.29, 1.82) is 0 Å². The first kappa shape index (κ1) is 14.6. The summed E-state index contributed by atoms with van der Waals surface area (Å²) in [6.45, 7) is 6.61. The zero-order valence-corrected chi connectivity index (χ0v) is 12.8. The first-order chi connectivity index (χ1) is 9.76. The highest BCUT2D eigenvalue weighted by Crippen LogP contribution is 2.23. The van der Waals surface area contributed by atoms with E-state index in [1.54, 1.807) is 0 Å². The third kappa shape index (κ3) is 3.63. The SMILES string of the molecule is CCc1ccc(NC(CC)c2ccc(CC)cc2)cc1. The van der Waals surface area contributed by atoms with Gasteiger partial charge in [0.25, 0.3) is 0 Å². The molecule has 0 heterocycles. The Labute approximate surface area is 123 Å². The molecule has 0 spiro atoms. The Morgan fingerprint density at radius 3 is 1.70 bits per heavy atom. The molecule has 0 aromatic heterocycles. The lowest BCUT2D eigenvalue weighted by Crippen LogP contribution is -2.09. The van der Waals surface area contributed by atoms with E-state index in [2.05, 4.69) is 74.6 Å². The first-order valence-electron chi connectivity index (χ1n) is 7.71. The van der Waals surface area contributed by atoms with Crippen LogP contribution in [0.25, 0.3) is 0 Å². The van der Waals surface area contributed by atoms with Gasteiger partial charge in [-0.3, -0.25) is 0 Å². The predicted octanol–water partition coefficient (Wildman–Crippen LogP) is 5.37. The molecule has 1 unspecified atom stereocenters. The molecular weight excluding hydrogens is 242 g/mol. The highest BCUT2D eigenvalue weighted by molar-refractivity contribution is 5.47. The fourth-order valence-corrected chi connectivity index (χ4v) is 2.44. The zero-order valence-electron chi connectivity index (χ0n) is 12.8. The van der Waals surface area contributed by atoms with Crippen LogP contribution in [0.1, 0.15) is 49.9 Å². The van der Waals surface area contributed by atoms with Crippen molar-refractivity contribution in [3.05, 3.63) is 65.2 Å². The average molecular weight is 267 g/mol. The average Bonchev–Trinajstić information content (AvgIpc) is 2.53. The Kier molecular flexibility index (Phi) is 5.23. The van der Waals surface area contributed by atoms with Crippen molar-refractivity contribution in [2.24, 2.45) is 0 Å². The molecule has 0 aliphatic carbocycles. The van der Waals surface area contributed by atoms with Crippen LogP contribution in [-0.4, -0.2) is 0 Å². The molecule has 0 saturated carbocycles. The summed E-state index contributed by atoms with van der Waals surface area (Å²) < 4.78 is 0. The Morgan fingerprint density at radius 1 is 0.750 bits per heavy atom. The monoisotopic (exact) mass is 267 g/mol. The number of hydrogen-bond acceptors (Lipinski definition) is 1. The maximum absolute atomic E-state index is 3.63. The van der Waals surface area contributed by atoms with Crippen LogP contribution in [0.15, 0.2) is 48.5 Å². The van der Waals surface area contributed by atoms with Gasteiger partial charge in [-0.1, -0.05) is 57.2 Å². The van der Waals surface area contributed by atoms with E-state index < -0.39 is 0 Å². The van der Waals surface area contributed by atoms with E-state index in [9.17, 15) is 0 Å². The summed E-state index contributed by atoms with van der Waals surface area (Å²) in [7, 11) is 0. The molecule has 106 valence electrons. The van der Waals surface area contributed by atoms with Crippen LogP contribution < -0.4 is 5.32 Å². The first-order valence-corrected chi connectivity index (χ1v) is 7.71. The number of rotatable bonds is 6. The molecule has 1 nitrogen and oxygen atoms in total. The van der Waals surface area contributed by atoms with Crippen molar-refractivity contribution in [2.45, 2.75) is 46.1 Å². The van der Waals surface area contributed by atoms with E-state index in [1.165, 1.54) is 22.4 Å². The standard InChI is InChI=1S/C19H25N/c1-4-15-7-11-17(12-8-15)19(6-3)20-18-13-9-16(5-2)10-14-18/h7-14,19-20H,4-6H2,1-3H3. The molecule has 0 fully saturated rings. The number of anilines is 1. The van der Waals surface area contributed by atoms with Crippen LogP contribution >= 0.6 is 0 Å². The van der Waals surface area contributed by atoms with Crippen LogP contribution in [0, 0.1) is 0 Å². The molecule has 0 aliphatic heterocycles. The maximum Gasteiger partial charge on any atom is 0.0511 e. The molecule has 0 amide bonds. The fourth-order valence-electron chi connectivity index (χ4n) is 2.44. The van der Waals surface area contributed by atoms with E-state index in [-0.39, 0.29) is 0 Å². The summed E-state index contributed by atoms with van der Waals surface area (Å²) in [5.41, 5.74) is 5.35. The molecule has 1 atom stereocenters. The highest BCUT2D eigenvalue weighted by Gasteiger charge is 2.08. The van der Waals surface area contributed by atoms with Crippen molar-refractivity contribution in [1.82, 2.24) is 0 Å². The van der Waals surface area contributed by atoms with Gasteiger partial charge in [-0.15, -0.1) is 0 Å². The van der Waals surface area contributed by atoms with Gasteiger partial charge in [-0.2, -0.15) is 0 Å². The predicted molar refractivity (Wildman–Crippen MR) is 88.3 cm³/mol. The third-order valence-electron chi connectivity index (χ3n) is 3.90. The van der Waals surface area contributed by atoms with E-state index in [0.29, 0.717) is 6.04 Å². The number of nitrogens with one attached hydrogen (secondary N) is 1. The van der Waals surface area contributed by atoms with Crippen LogP contribution in [0.4, 0.5) is 5.69 Å². The molecule has 2 rings (SSSR count). The molecule has 0 saturated heterocycles. The van der Waals surface area contributed by atoms with Crippen molar-refractivity contribution in [2.75, 3.05) is 5.32 Å². The topological polar surface area (TPSA) is 12.0 Å². The summed E-state index contributed by atoms with van der Waals surface area (Å²) in [5, 5.41) is 3.63. The molecule has 0 bridgehead atoms. The van der Waals surface area contributed by atoms with Gasteiger partial charge in [0.1, 0.15) is 0 Å². The van der Waals surface area contributed by atoms with Crippen molar-refractivity contribution >= 4 is 5.69 Å². The third-order valence-corrected chi connectivity index (χ3v) is 3.90. The molecule has 2 aromatic carbocycles. The highest BCUT2D eigenvalue weighted by atomic mass is 14.9. The maximum atomic E-state index is 3.63. The Hall–Kier alpha value is -1.76. The number of hydrogen-bond donors (Lipinski definition) is 1. The van der Waals surface area contributed by atoms with Gasteiger partial charge < -0.3 is 5.32 Å². The summed E-state index contributed by atoms with van der Waals surface area (Å²) in [5.74, 6) is 0. The second-order valence-corrected chi connectivity index (χ2v) is 5.25. The van der Waals surface area contributed by atoms with E-state index >= 15 is 0 Å². The number of aryl methyl sites for hydroxylation is 2. The van der Waals surface area contributed by atoms with Gasteiger partial charge in [0.15, 0.2) is 0 Å². The van der Waals surface area contributed by atoms with Gasteiger partial charge in [0, 0.05) is 5.69 Å². The van der Waals surface area contributed by atoms with E-state index in [4.69, 9.17) is 0 Å². The second kappa shape index (κ2) is 7.14. The molecule has 0 aliphatic rings. The summed E-state index contributed by atoms with van der Waals surface area (Å²) in [4.78, 5) is 0. The van der Waals surface area contributed by atoms with Crippen LogP contribution in [0.5, 0.6) is 0 Å². The Bertz CT molecular complexity index is 510. The lowest BCUT2D eigenvalue weighted by atomic mass is 10.0. The van der Waals surface area contributed by atoms with E-state index in [0.717, 1.165) is 19.3 Å². The van der Waals surface area contributed by atoms with Gasteiger partial charge in [0.2, 0.25) is 0 Å². The molecule has 1 N–H and O–H groups in total. The largest absolute Gasteiger partial charge is 0.378 e. The molecule has 20 heavy (non-hydrogen) atoms. The Morgan fingerprint density at radius 2 is 1.25 bits per heavy atom. The Balaban J connectivity index is 2.10. The number of benzene rings is 2. The quantitative estimate of drug-likeness (QED) is 0.741. The van der Waals surface area contributed by atoms with Crippen LogP contribution in [0.3, 0.4) is 0 Å². The van der Waals surface area contributed by atoms with Crippen LogP contribution in [-0.2, 0) is 12.8 Å². The van der Waals surface area contributed by atoms with Gasteiger partial charge in [-0.25, -0.2) is 0 Å². The fraction of sp³-hybridized carbons (Fsp3) is 0.368. The molecular formula is C19H25N. The smallest absolute Gasteiger partial charge is 0.0511 e. The minimum absolute atomic E-state index is 0.383. The normalized spacial score (nSPS) is 12.2. The molecule has 0 radical (unpaired) electrons. The van der Waals surface area contributed by atoms with Gasteiger partial charge in [-0.05, 0) is 48.1 Å². The van der Waals surface area contributed by atoms with Gasteiger partial charge in [0.05, 0.1) is 6.04 Å². The second-order valence-electron chi connectivity index (χ2n) is 5.25. The zero-order chi connectivity index (χ0) is 14.4. The van der Waals surface area contributed by atoms with Gasteiger partial charge >= 0.3 is 0 Å². The minimum Gasteiger partial charge on any atom is -0.378 e. The van der Waals surface area contributed by atoms with Crippen molar-refractivity contribution in [3.63, 3.8) is 0 Å². The van der Waals surface area contributed by atoms with Crippen molar-refractivity contribution in [3.8, 4) is 0 Å². The van der Waals surface area contributed by atoms with E-state index in [1.807, 2.05) is 0 Å². The lowest BCUT2D eigenvalue weighted by molar-refractivity contribution is 0.749. The summed E-state index contributed by atoms with van der Waals surface area (Å²) in [6, 6.07) is 18.1. The lowest BCUT2D eigenvalue weighted by Gasteiger charge is -2.19. The molecule has 1 heteroatoms.